The van der Waals surface area contributed by atoms with Crippen molar-refractivity contribution in [3.63, 3.8) is 0 Å². The number of carbonyl (C=O) groups is 1. The van der Waals surface area contributed by atoms with Crippen LogP contribution in [0.5, 0.6) is 0 Å². The lowest BCUT2D eigenvalue weighted by Crippen LogP contribution is -2.11. The van der Waals surface area contributed by atoms with E-state index in [-0.39, 0.29) is 5.91 Å². The number of hydrogen-bond donors (Lipinski definition) is 1. The number of nitrogens with one attached hydrogen (secondary N) is 1. The largest absolute Gasteiger partial charge is 0.450 e. The maximum Gasteiger partial charge on any atom is 0.293 e. The highest BCUT2D eigenvalue weighted by atomic mass is 32.1. The van der Waals surface area contributed by atoms with E-state index in [1.165, 1.54) is 11.3 Å². The topological polar surface area (TPSA) is 68.0 Å². The molecule has 124 valence electrons. The van der Waals surface area contributed by atoms with Crippen LogP contribution >= 0.6 is 11.3 Å². The highest BCUT2D eigenvalue weighted by Gasteiger charge is 2.19. The van der Waals surface area contributed by atoms with Crippen LogP contribution in [0.1, 0.15) is 21.7 Å². The molecule has 0 spiro atoms. The van der Waals surface area contributed by atoms with Crippen LogP contribution in [-0.2, 0) is 0 Å². The van der Waals surface area contributed by atoms with Crippen molar-refractivity contribution < 1.29 is 9.21 Å². The van der Waals surface area contributed by atoms with Crippen molar-refractivity contribution in [1.29, 1.82) is 0 Å². The van der Waals surface area contributed by atoms with E-state index in [9.17, 15) is 4.79 Å². The summed E-state index contributed by atoms with van der Waals surface area (Å²) >= 11 is 1.37. The summed E-state index contributed by atoms with van der Waals surface area (Å²) in [6, 6.07) is 9.67. The molecule has 0 atom stereocenters. The zero-order valence-corrected chi connectivity index (χ0v) is 14.6. The molecule has 0 saturated carbocycles. The van der Waals surface area contributed by atoms with Crippen molar-refractivity contribution in [1.82, 2.24) is 9.97 Å². The summed E-state index contributed by atoms with van der Waals surface area (Å²) in [5.74, 6) is 0.0302. The van der Waals surface area contributed by atoms with Crippen LogP contribution in [0.25, 0.3) is 22.2 Å². The lowest BCUT2D eigenvalue weighted by molar-refractivity contribution is 0.0998. The van der Waals surface area contributed by atoms with E-state index >= 15 is 0 Å². The van der Waals surface area contributed by atoms with Crippen LogP contribution in [0.2, 0.25) is 0 Å². The van der Waals surface area contributed by atoms with Gasteiger partial charge in [0.2, 0.25) is 0 Å². The van der Waals surface area contributed by atoms with Crippen LogP contribution in [0.3, 0.4) is 0 Å². The van der Waals surface area contributed by atoms with Crippen molar-refractivity contribution in [2.45, 2.75) is 13.8 Å². The van der Waals surface area contributed by atoms with Crippen molar-refractivity contribution >= 4 is 33.3 Å². The first kappa shape index (κ1) is 15.5. The summed E-state index contributed by atoms with van der Waals surface area (Å²) in [5, 5.41) is 6.20. The molecule has 3 aromatic heterocycles. The van der Waals surface area contributed by atoms with Gasteiger partial charge in [0.15, 0.2) is 10.9 Å². The molecule has 0 radical (unpaired) electrons. The molecule has 0 fully saturated rings. The number of hydrogen-bond acceptors (Lipinski definition) is 5. The van der Waals surface area contributed by atoms with Gasteiger partial charge in [-0.3, -0.25) is 15.1 Å². The van der Waals surface area contributed by atoms with Crippen molar-refractivity contribution in [3.05, 3.63) is 65.0 Å². The van der Waals surface area contributed by atoms with Gasteiger partial charge in [-0.1, -0.05) is 18.2 Å². The molecule has 4 rings (SSSR count). The monoisotopic (exact) mass is 349 g/mol. The Kier molecular flexibility index (Phi) is 3.82. The normalized spacial score (nSPS) is 11.0. The van der Waals surface area contributed by atoms with Gasteiger partial charge in [-0.15, -0.1) is 11.3 Å². The first-order chi connectivity index (χ1) is 12.1. The fraction of sp³-hybridized carbons (Fsp3) is 0.105. The first-order valence-electron chi connectivity index (χ1n) is 7.79. The number of aromatic nitrogens is 2. The van der Waals surface area contributed by atoms with Gasteiger partial charge in [-0.05, 0) is 31.5 Å². The number of thiazole rings is 1. The molecule has 0 aliphatic rings. The predicted molar refractivity (Wildman–Crippen MR) is 99.0 cm³/mol. The Morgan fingerprint density at radius 1 is 1.20 bits per heavy atom. The van der Waals surface area contributed by atoms with E-state index in [0.717, 1.165) is 33.4 Å². The number of para-hydroxylation sites is 1. The lowest BCUT2D eigenvalue weighted by Gasteiger charge is -1.99. The summed E-state index contributed by atoms with van der Waals surface area (Å²) < 4.78 is 5.81. The van der Waals surface area contributed by atoms with Crippen molar-refractivity contribution in [2.24, 2.45) is 0 Å². The number of amides is 1. The third-order valence-corrected chi connectivity index (χ3v) is 4.81. The number of carbonyl (C=O) groups excluding carboxylic acids is 1. The zero-order valence-electron chi connectivity index (χ0n) is 13.7. The Hall–Kier alpha value is -2.99. The van der Waals surface area contributed by atoms with Gasteiger partial charge in [0.1, 0.15) is 5.58 Å². The molecule has 0 aliphatic carbocycles. The maximum atomic E-state index is 12.6. The first-order valence-corrected chi connectivity index (χ1v) is 8.67. The Morgan fingerprint density at radius 2 is 2.08 bits per heavy atom. The smallest absolute Gasteiger partial charge is 0.293 e. The molecule has 1 N–H and O–H groups in total. The SMILES string of the molecule is Cc1c(C(=O)Nc2nc(-c3cccnc3)cs2)oc2c(C)cccc12. The average molecular weight is 349 g/mol. The van der Waals surface area contributed by atoms with E-state index in [1.807, 2.05) is 49.6 Å². The second kappa shape index (κ2) is 6.14. The Bertz CT molecular complexity index is 1070. The van der Waals surface area contributed by atoms with E-state index in [2.05, 4.69) is 15.3 Å². The molecule has 6 heteroatoms. The number of furan rings is 1. The quantitative estimate of drug-likeness (QED) is 0.576. The molecular weight excluding hydrogens is 334 g/mol. The van der Waals surface area contributed by atoms with Crippen LogP contribution in [-0.4, -0.2) is 15.9 Å². The van der Waals surface area contributed by atoms with Crippen LogP contribution in [0, 0.1) is 13.8 Å². The van der Waals surface area contributed by atoms with Gasteiger partial charge in [0.25, 0.3) is 5.91 Å². The number of anilines is 1. The van der Waals surface area contributed by atoms with Gasteiger partial charge in [0, 0.05) is 34.3 Å². The molecule has 3 heterocycles. The molecular formula is C19H15N3O2S. The third-order valence-electron chi connectivity index (χ3n) is 4.05. The molecule has 0 bridgehead atoms. The number of rotatable bonds is 3. The zero-order chi connectivity index (χ0) is 17.4. The number of benzene rings is 1. The second-order valence-electron chi connectivity index (χ2n) is 5.74. The highest BCUT2D eigenvalue weighted by Crippen LogP contribution is 2.29. The van der Waals surface area contributed by atoms with Crippen molar-refractivity contribution in [3.8, 4) is 11.3 Å². The third kappa shape index (κ3) is 2.81. The van der Waals surface area contributed by atoms with Gasteiger partial charge < -0.3 is 4.42 Å². The average Bonchev–Trinajstić information content (AvgIpc) is 3.22. The summed E-state index contributed by atoms with van der Waals surface area (Å²) in [6.07, 6.45) is 3.46. The summed E-state index contributed by atoms with van der Waals surface area (Å²) in [4.78, 5) is 21.1. The number of pyridine rings is 1. The Labute approximate surface area is 148 Å². The molecule has 0 unspecified atom stereocenters. The van der Waals surface area contributed by atoms with Gasteiger partial charge in [0.05, 0.1) is 5.69 Å². The van der Waals surface area contributed by atoms with E-state index in [1.54, 1.807) is 12.4 Å². The van der Waals surface area contributed by atoms with Crippen LogP contribution in [0.4, 0.5) is 5.13 Å². The Balaban J connectivity index is 1.62. The highest BCUT2D eigenvalue weighted by molar-refractivity contribution is 7.14. The minimum absolute atomic E-state index is 0.291. The summed E-state index contributed by atoms with van der Waals surface area (Å²) in [5.41, 5.74) is 4.29. The number of fused-ring (bicyclic) bond motifs is 1. The predicted octanol–water partition coefficient (Wildman–Crippen LogP) is 4.82. The fourth-order valence-corrected chi connectivity index (χ4v) is 3.45. The fourth-order valence-electron chi connectivity index (χ4n) is 2.73. The minimum atomic E-state index is -0.291. The molecule has 5 nitrogen and oxygen atoms in total. The van der Waals surface area contributed by atoms with E-state index < -0.39 is 0 Å². The second-order valence-corrected chi connectivity index (χ2v) is 6.60. The van der Waals surface area contributed by atoms with Gasteiger partial charge in [-0.25, -0.2) is 4.98 Å². The summed E-state index contributed by atoms with van der Waals surface area (Å²) in [7, 11) is 0. The van der Waals surface area contributed by atoms with Crippen molar-refractivity contribution in [2.75, 3.05) is 5.32 Å². The molecule has 1 amide bonds. The van der Waals surface area contributed by atoms with Crippen LogP contribution in [0.15, 0.2) is 52.5 Å². The molecule has 4 aromatic rings. The molecule has 0 aliphatic heterocycles. The van der Waals surface area contributed by atoms with E-state index in [4.69, 9.17) is 4.42 Å². The maximum absolute atomic E-state index is 12.6. The summed E-state index contributed by atoms with van der Waals surface area (Å²) in [6.45, 7) is 3.86. The number of nitrogens with zero attached hydrogens (tertiary/aromatic N) is 2. The molecule has 1 aromatic carbocycles. The Morgan fingerprint density at radius 3 is 2.84 bits per heavy atom. The van der Waals surface area contributed by atoms with Gasteiger partial charge >= 0.3 is 0 Å². The minimum Gasteiger partial charge on any atom is -0.450 e. The molecule has 0 saturated heterocycles. The van der Waals surface area contributed by atoms with E-state index in [0.29, 0.717) is 10.9 Å². The van der Waals surface area contributed by atoms with Gasteiger partial charge in [-0.2, -0.15) is 0 Å². The van der Waals surface area contributed by atoms with Crippen LogP contribution < -0.4 is 5.32 Å². The lowest BCUT2D eigenvalue weighted by atomic mass is 10.1. The standard InChI is InChI=1S/C19H15N3O2S/c1-11-5-3-7-14-12(2)17(24-16(11)14)18(23)22-19-21-15(10-25-19)13-6-4-8-20-9-13/h3-10H,1-2H3,(H,21,22,23). The number of aryl methyl sites for hydroxylation is 2. The molecule has 25 heavy (non-hydrogen) atoms.